The molecule has 3 nitrogen and oxygen atoms in total. The standard InChI is InChI=1S/C15H18ClNO2S/c1-2-19-15(18)12-4-3-9-17(10-12)14(20)11-5-7-13(16)8-6-11/h5-8,12H,2-4,9-10H2,1H3/t12-/m0/s1. The van der Waals surface area contributed by atoms with Crippen LogP contribution in [0.15, 0.2) is 24.3 Å². The number of ether oxygens (including phenoxy) is 1. The number of hydrogen-bond donors (Lipinski definition) is 0. The molecule has 20 heavy (non-hydrogen) atoms. The summed E-state index contributed by atoms with van der Waals surface area (Å²) in [5, 5.41) is 0.694. The van der Waals surface area contributed by atoms with Crippen LogP contribution >= 0.6 is 23.8 Å². The fourth-order valence-corrected chi connectivity index (χ4v) is 2.82. The average Bonchev–Trinajstić information content (AvgIpc) is 2.48. The fraction of sp³-hybridized carbons (Fsp3) is 0.467. The van der Waals surface area contributed by atoms with Crippen molar-refractivity contribution < 1.29 is 9.53 Å². The normalized spacial score (nSPS) is 18.7. The van der Waals surface area contributed by atoms with Crippen molar-refractivity contribution in [2.75, 3.05) is 19.7 Å². The van der Waals surface area contributed by atoms with Gasteiger partial charge in [0.15, 0.2) is 0 Å². The van der Waals surface area contributed by atoms with Crippen molar-refractivity contribution in [2.45, 2.75) is 19.8 Å². The highest BCUT2D eigenvalue weighted by Crippen LogP contribution is 2.21. The highest BCUT2D eigenvalue weighted by atomic mass is 35.5. The number of likely N-dealkylation sites (tertiary alicyclic amines) is 1. The van der Waals surface area contributed by atoms with Crippen molar-refractivity contribution in [3.05, 3.63) is 34.9 Å². The van der Waals surface area contributed by atoms with Gasteiger partial charge in [0, 0.05) is 23.7 Å². The first-order chi connectivity index (χ1) is 9.61. The van der Waals surface area contributed by atoms with E-state index in [2.05, 4.69) is 4.90 Å². The Balaban J connectivity index is 2.03. The molecule has 1 fully saturated rings. The highest BCUT2D eigenvalue weighted by Gasteiger charge is 2.28. The number of nitrogens with zero attached hydrogens (tertiary/aromatic N) is 1. The molecule has 0 saturated carbocycles. The zero-order chi connectivity index (χ0) is 14.5. The van der Waals surface area contributed by atoms with Crippen LogP contribution in [0.5, 0.6) is 0 Å². The van der Waals surface area contributed by atoms with Crippen LogP contribution in [0.1, 0.15) is 25.3 Å². The molecule has 108 valence electrons. The van der Waals surface area contributed by atoms with Gasteiger partial charge in [0.05, 0.1) is 12.5 Å². The molecular weight excluding hydrogens is 294 g/mol. The molecule has 2 rings (SSSR count). The number of carbonyl (C=O) groups is 1. The highest BCUT2D eigenvalue weighted by molar-refractivity contribution is 7.80. The van der Waals surface area contributed by atoms with Gasteiger partial charge in [0.1, 0.15) is 4.99 Å². The maximum absolute atomic E-state index is 11.8. The second-order valence-electron chi connectivity index (χ2n) is 4.85. The van der Waals surface area contributed by atoms with Gasteiger partial charge in [-0.15, -0.1) is 0 Å². The molecule has 0 radical (unpaired) electrons. The topological polar surface area (TPSA) is 29.5 Å². The summed E-state index contributed by atoms with van der Waals surface area (Å²) < 4.78 is 5.10. The van der Waals surface area contributed by atoms with E-state index in [0.29, 0.717) is 18.2 Å². The van der Waals surface area contributed by atoms with Crippen molar-refractivity contribution in [3.8, 4) is 0 Å². The molecule has 1 aromatic rings. The zero-order valence-corrected chi connectivity index (χ0v) is 13.0. The van der Waals surface area contributed by atoms with Crippen LogP contribution in [0.4, 0.5) is 0 Å². The SMILES string of the molecule is CCOC(=O)[C@H]1CCCN(C(=S)c2ccc(Cl)cc2)C1. The van der Waals surface area contributed by atoms with E-state index in [4.69, 9.17) is 28.6 Å². The molecule has 0 amide bonds. The summed E-state index contributed by atoms with van der Waals surface area (Å²) >= 11 is 11.4. The van der Waals surface area contributed by atoms with E-state index in [1.54, 1.807) is 0 Å². The average molecular weight is 312 g/mol. The Bertz CT molecular complexity index is 489. The lowest BCUT2D eigenvalue weighted by molar-refractivity contribution is -0.149. The Morgan fingerprint density at radius 2 is 2.15 bits per heavy atom. The van der Waals surface area contributed by atoms with Gasteiger partial charge in [0.2, 0.25) is 0 Å². The maximum Gasteiger partial charge on any atom is 0.310 e. The molecule has 1 saturated heterocycles. The first kappa shape index (κ1) is 15.3. The molecular formula is C15H18ClNO2S. The molecule has 1 heterocycles. The minimum atomic E-state index is -0.115. The monoisotopic (exact) mass is 311 g/mol. The number of esters is 1. The Morgan fingerprint density at radius 1 is 1.45 bits per heavy atom. The number of rotatable bonds is 3. The van der Waals surface area contributed by atoms with Gasteiger partial charge in [0.25, 0.3) is 0 Å². The van der Waals surface area contributed by atoms with Crippen LogP contribution in [0.2, 0.25) is 5.02 Å². The van der Waals surface area contributed by atoms with E-state index in [-0.39, 0.29) is 11.9 Å². The molecule has 0 spiro atoms. The largest absolute Gasteiger partial charge is 0.466 e. The van der Waals surface area contributed by atoms with Crippen molar-refractivity contribution in [1.82, 2.24) is 4.90 Å². The lowest BCUT2D eigenvalue weighted by Gasteiger charge is -2.33. The van der Waals surface area contributed by atoms with Crippen molar-refractivity contribution in [1.29, 1.82) is 0 Å². The molecule has 0 unspecified atom stereocenters. The molecule has 0 N–H and O–H groups in total. The molecule has 1 aliphatic rings. The Morgan fingerprint density at radius 3 is 2.80 bits per heavy atom. The third kappa shape index (κ3) is 3.70. The maximum atomic E-state index is 11.8. The Kier molecular flexibility index (Phi) is 5.38. The third-order valence-corrected chi connectivity index (χ3v) is 4.17. The predicted molar refractivity (Wildman–Crippen MR) is 84.1 cm³/mol. The van der Waals surface area contributed by atoms with Gasteiger partial charge in [-0.25, -0.2) is 0 Å². The van der Waals surface area contributed by atoms with E-state index < -0.39 is 0 Å². The van der Waals surface area contributed by atoms with Crippen LogP contribution in [-0.4, -0.2) is 35.6 Å². The smallest absolute Gasteiger partial charge is 0.310 e. The number of thiocarbonyl (C=S) groups is 1. The van der Waals surface area contributed by atoms with Crippen molar-refractivity contribution >= 4 is 34.8 Å². The summed E-state index contributed by atoms with van der Waals surface area (Å²) in [6.07, 6.45) is 1.83. The quantitative estimate of drug-likeness (QED) is 0.633. The van der Waals surface area contributed by atoms with Gasteiger partial charge in [-0.1, -0.05) is 36.0 Å². The van der Waals surface area contributed by atoms with Crippen LogP contribution in [0.3, 0.4) is 0 Å². The summed E-state index contributed by atoms with van der Waals surface area (Å²) in [6.45, 7) is 3.78. The lowest BCUT2D eigenvalue weighted by Crippen LogP contribution is -2.42. The third-order valence-electron chi connectivity index (χ3n) is 3.42. The van der Waals surface area contributed by atoms with Crippen LogP contribution in [-0.2, 0) is 9.53 Å². The first-order valence-electron chi connectivity index (χ1n) is 6.83. The summed E-state index contributed by atoms with van der Waals surface area (Å²) in [6, 6.07) is 7.49. The summed E-state index contributed by atoms with van der Waals surface area (Å²) in [4.78, 5) is 14.7. The molecule has 0 aromatic heterocycles. The minimum absolute atomic E-state index is 0.0750. The van der Waals surface area contributed by atoms with E-state index in [1.165, 1.54) is 0 Å². The van der Waals surface area contributed by atoms with Gasteiger partial charge < -0.3 is 9.64 Å². The number of benzene rings is 1. The molecule has 0 bridgehead atoms. The van der Waals surface area contributed by atoms with E-state index in [0.717, 1.165) is 29.9 Å². The van der Waals surface area contributed by atoms with Crippen LogP contribution < -0.4 is 0 Å². The van der Waals surface area contributed by atoms with Gasteiger partial charge in [-0.2, -0.15) is 0 Å². The number of halogens is 1. The number of carbonyl (C=O) groups excluding carboxylic acids is 1. The molecule has 1 aliphatic heterocycles. The molecule has 5 heteroatoms. The number of piperidine rings is 1. The lowest BCUT2D eigenvalue weighted by atomic mass is 9.97. The van der Waals surface area contributed by atoms with Gasteiger partial charge in [-0.05, 0) is 31.9 Å². The van der Waals surface area contributed by atoms with E-state index in [1.807, 2.05) is 31.2 Å². The van der Waals surface area contributed by atoms with E-state index >= 15 is 0 Å². The zero-order valence-electron chi connectivity index (χ0n) is 11.5. The van der Waals surface area contributed by atoms with Crippen molar-refractivity contribution in [3.63, 3.8) is 0 Å². The Hall–Kier alpha value is -1.13. The second-order valence-corrected chi connectivity index (χ2v) is 5.67. The van der Waals surface area contributed by atoms with Gasteiger partial charge >= 0.3 is 5.97 Å². The minimum Gasteiger partial charge on any atom is -0.466 e. The second kappa shape index (κ2) is 7.04. The van der Waals surface area contributed by atoms with Crippen LogP contribution in [0.25, 0.3) is 0 Å². The van der Waals surface area contributed by atoms with Crippen LogP contribution in [0, 0.1) is 5.92 Å². The molecule has 1 aromatic carbocycles. The predicted octanol–water partition coefficient (Wildman–Crippen LogP) is 3.29. The summed E-state index contributed by atoms with van der Waals surface area (Å²) in [5.74, 6) is -0.190. The number of hydrogen-bond acceptors (Lipinski definition) is 3. The van der Waals surface area contributed by atoms with Crippen molar-refractivity contribution in [2.24, 2.45) is 5.92 Å². The molecule has 0 aliphatic carbocycles. The van der Waals surface area contributed by atoms with Gasteiger partial charge in [-0.3, -0.25) is 4.79 Å². The fourth-order valence-electron chi connectivity index (χ4n) is 2.39. The summed E-state index contributed by atoms with van der Waals surface area (Å²) in [7, 11) is 0. The molecule has 1 atom stereocenters. The first-order valence-corrected chi connectivity index (χ1v) is 7.62. The van der Waals surface area contributed by atoms with E-state index in [9.17, 15) is 4.79 Å². The summed E-state index contributed by atoms with van der Waals surface area (Å²) in [5.41, 5.74) is 0.967. The Labute approximate surface area is 129 Å².